The first-order valence-corrected chi connectivity index (χ1v) is 6.33. The molecule has 1 N–H and O–H groups in total. The predicted molar refractivity (Wildman–Crippen MR) is 65.1 cm³/mol. The quantitative estimate of drug-likeness (QED) is 0.839. The van der Waals surface area contributed by atoms with Crippen molar-refractivity contribution in [2.75, 3.05) is 7.05 Å². The molecule has 0 aliphatic heterocycles. The second kappa shape index (κ2) is 4.26. The van der Waals surface area contributed by atoms with Crippen LogP contribution < -0.4 is 5.32 Å². The second-order valence-electron chi connectivity index (χ2n) is 3.22. The molecule has 0 saturated heterocycles. The minimum Gasteiger partial charge on any atom is -0.315 e. The van der Waals surface area contributed by atoms with Crippen LogP contribution >= 0.6 is 22.7 Å². The van der Waals surface area contributed by atoms with E-state index in [0.717, 1.165) is 6.54 Å². The molecule has 2 aromatic heterocycles. The van der Waals surface area contributed by atoms with Crippen molar-refractivity contribution in [1.82, 2.24) is 5.32 Å². The number of hydrogen-bond acceptors (Lipinski definition) is 3. The van der Waals surface area contributed by atoms with E-state index in [1.54, 1.807) is 0 Å². The Morgan fingerprint density at radius 3 is 2.86 bits per heavy atom. The lowest BCUT2D eigenvalue weighted by atomic mass is 10.1. The van der Waals surface area contributed by atoms with E-state index in [2.05, 4.69) is 35.1 Å². The molecule has 0 saturated carbocycles. The third kappa shape index (κ3) is 1.90. The third-order valence-corrected chi connectivity index (χ3v) is 3.96. The largest absolute Gasteiger partial charge is 0.315 e. The summed E-state index contributed by atoms with van der Waals surface area (Å²) in [7, 11) is 1.98. The average Bonchev–Trinajstić information content (AvgIpc) is 2.74. The lowest BCUT2D eigenvalue weighted by Gasteiger charge is -1.94. The lowest BCUT2D eigenvalue weighted by molar-refractivity contribution is 0.831. The van der Waals surface area contributed by atoms with Gasteiger partial charge >= 0.3 is 0 Å². The first kappa shape index (κ1) is 9.90. The highest BCUT2D eigenvalue weighted by Crippen LogP contribution is 2.30. The van der Waals surface area contributed by atoms with Gasteiger partial charge in [0, 0.05) is 16.3 Å². The Morgan fingerprint density at radius 1 is 1.36 bits per heavy atom. The van der Waals surface area contributed by atoms with Crippen molar-refractivity contribution in [3.05, 3.63) is 32.6 Å². The van der Waals surface area contributed by atoms with Crippen molar-refractivity contribution >= 4 is 22.7 Å². The van der Waals surface area contributed by atoms with E-state index in [-0.39, 0.29) is 0 Å². The topological polar surface area (TPSA) is 12.0 Å². The summed E-state index contributed by atoms with van der Waals surface area (Å²) in [5, 5.41) is 7.56. The molecule has 0 aromatic carbocycles. The summed E-state index contributed by atoms with van der Waals surface area (Å²) >= 11 is 3.63. The molecule has 2 rings (SSSR count). The van der Waals surface area contributed by atoms with E-state index in [9.17, 15) is 0 Å². The minimum atomic E-state index is 0.966. The van der Waals surface area contributed by atoms with Crippen LogP contribution in [-0.2, 0) is 6.54 Å². The molecule has 14 heavy (non-hydrogen) atoms. The summed E-state index contributed by atoms with van der Waals surface area (Å²) < 4.78 is 0. The van der Waals surface area contributed by atoms with Gasteiger partial charge in [0.25, 0.3) is 0 Å². The first-order chi connectivity index (χ1) is 6.81. The molecular weight excluding hydrogens is 210 g/mol. The summed E-state index contributed by atoms with van der Waals surface area (Å²) in [6, 6.07) is 4.47. The number of nitrogens with one attached hydrogen (secondary N) is 1. The molecule has 0 fully saturated rings. The number of rotatable bonds is 3. The summed E-state index contributed by atoms with van der Waals surface area (Å²) in [4.78, 5) is 2.80. The van der Waals surface area contributed by atoms with E-state index in [4.69, 9.17) is 0 Å². The van der Waals surface area contributed by atoms with Gasteiger partial charge in [-0.05, 0) is 48.0 Å². The van der Waals surface area contributed by atoms with Crippen LogP contribution in [0.2, 0.25) is 0 Å². The van der Waals surface area contributed by atoms with Crippen LogP contribution in [0.4, 0.5) is 0 Å². The standard InChI is InChI=1S/C11H13NS2/c1-8-11(3-4-13-8)9-5-10(6-12-2)14-7-9/h3-5,7,12H,6H2,1-2H3. The summed E-state index contributed by atoms with van der Waals surface area (Å²) in [5.41, 5.74) is 2.74. The van der Waals surface area contributed by atoms with Gasteiger partial charge in [0.1, 0.15) is 0 Å². The molecule has 2 aromatic rings. The molecule has 2 heterocycles. The van der Waals surface area contributed by atoms with Gasteiger partial charge in [0.05, 0.1) is 0 Å². The normalized spacial score (nSPS) is 10.7. The molecule has 0 bridgehead atoms. The van der Waals surface area contributed by atoms with E-state index in [1.807, 2.05) is 29.7 Å². The fraction of sp³-hybridized carbons (Fsp3) is 0.273. The maximum Gasteiger partial charge on any atom is 0.0296 e. The van der Waals surface area contributed by atoms with Crippen molar-refractivity contribution in [2.45, 2.75) is 13.5 Å². The lowest BCUT2D eigenvalue weighted by Crippen LogP contribution is -2.02. The molecule has 0 atom stereocenters. The molecule has 0 amide bonds. The molecular formula is C11H13NS2. The fourth-order valence-corrected chi connectivity index (χ4v) is 3.09. The number of hydrogen-bond donors (Lipinski definition) is 1. The smallest absolute Gasteiger partial charge is 0.0296 e. The van der Waals surface area contributed by atoms with Gasteiger partial charge in [-0.1, -0.05) is 0 Å². The Hall–Kier alpha value is -0.640. The molecule has 74 valence electrons. The Bertz CT molecular complexity index is 414. The molecule has 1 nitrogen and oxygen atoms in total. The van der Waals surface area contributed by atoms with E-state index >= 15 is 0 Å². The van der Waals surface area contributed by atoms with Gasteiger partial charge in [-0.25, -0.2) is 0 Å². The van der Waals surface area contributed by atoms with Crippen LogP contribution in [0.25, 0.3) is 11.1 Å². The Kier molecular flexibility index (Phi) is 3.01. The molecule has 0 aliphatic rings. The summed E-state index contributed by atoms with van der Waals surface area (Å²) in [6.07, 6.45) is 0. The van der Waals surface area contributed by atoms with Crippen LogP contribution in [-0.4, -0.2) is 7.05 Å². The SMILES string of the molecule is CNCc1cc(-c2ccsc2C)cs1. The highest BCUT2D eigenvalue weighted by molar-refractivity contribution is 7.11. The summed E-state index contributed by atoms with van der Waals surface area (Å²) in [5.74, 6) is 0. The average molecular weight is 223 g/mol. The molecule has 0 radical (unpaired) electrons. The number of thiophene rings is 2. The molecule has 0 aliphatic carbocycles. The first-order valence-electron chi connectivity index (χ1n) is 4.57. The van der Waals surface area contributed by atoms with E-state index < -0.39 is 0 Å². The van der Waals surface area contributed by atoms with Gasteiger partial charge in [-0.3, -0.25) is 0 Å². The Balaban J connectivity index is 2.29. The fourth-order valence-electron chi connectivity index (χ4n) is 1.47. The van der Waals surface area contributed by atoms with Gasteiger partial charge in [0.2, 0.25) is 0 Å². The zero-order valence-corrected chi connectivity index (χ0v) is 9.97. The molecule has 3 heteroatoms. The Morgan fingerprint density at radius 2 is 2.21 bits per heavy atom. The molecule has 0 unspecified atom stereocenters. The zero-order valence-electron chi connectivity index (χ0n) is 8.33. The van der Waals surface area contributed by atoms with E-state index in [0.29, 0.717) is 0 Å². The highest BCUT2D eigenvalue weighted by atomic mass is 32.1. The van der Waals surface area contributed by atoms with Crippen molar-refractivity contribution in [3.8, 4) is 11.1 Å². The van der Waals surface area contributed by atoms with Gasteiger partial charge in [-0.15, -0.1) is 22.7 Å². The van der Waals surface area contributed by atoms with Gasteiger partial charge < -0.3 is 5.32 Å². The predicted octanol–water partition coefficient (Wildman–Crippen LogP) is 3.50. The zero-order chi connectivity index (χ0) is 9.97. The van der Waals surface area contributed by atoms with Crippen molar-refractivity contribution < 1.29 is 0 Å². The second-order valence-corrected chi connectivity index (χ2v) is 5.34. The molecule has 0 spiro atoms. The maximum atomic E-state index is 3.17. The van der Waals surface area contributed by atoms with Gasteiger partial charge in [-0.2, -0.15) is 0 Å². The van der Waals surface area contributed by atoms with Crippen LogP contribution in [0.5, 0.6) is 0 Å². The number of aryl methyl sites for hydroxylation is 1. The monoisotopic (exact) mass is 223 g/mol. The Labute approximate surface area is 92.4 Å². The maximum absolute atomic E-state index is 3.17. The van der Waals surface area contributed by atoms with Crippen LogP contribution in [0.1, 0.15) is 9.75 Å². The van der Waals surface area contributed by atoms with Crippen molar-refractivity contribution in [3.63, 3.8) is 0 Å². The summed E-state index contributed by atoms with van der Waals surface area (Å²) in [6.45, 7) is 3.14. The van der Waals surface area contributed by atoms with Crippen LogP contribution in [0, 0.1) is 6.92 Å². The third-order valence-electron chi connectivity index (χ3n) is 2.17. The minimum absolute atomic E-state index is 0.966. The van der Waals surface area contributed by atoms with E-state index in [1.165, 1.54) is 20.9 Å². The van der Waals surface area contributed by atoms with Crippen LogP contribution in [0.3, 0.4) is 0 Å². The van der Waals surface area contributed by atoms with Crippen molar-refractivity contribution in [2.24, 2.45) is 0 Å². The highest BCUT2D eigenvalue weighted by Gasteiger charge is 2.05. The van der Waals surface area contributed by atoms with Crippen LogP contribution in [0.15, 0.2) is 22.9 Å². The van der Waals surface area contributed by atoms with Gasteiger partial charge in [0.15, 0.2) is 0 Å². The van der Waals surface area contributed by atoms with Crippen molar-refractivity contribution in [1.29, 1.82) is 0 Å².